The molecule has 1 aliphatic heterocycles. The Morgan fingerprint density at radius 3 is 2.57 bits per heavy atom. The summed E-state index contributed by atoms with van der Waals surface area (Å²) in [7, 11) is 0. The summed E-state index contributed by atoms with van der Waals surface area (Å²) >= 11 is 0. The Morgan fingerprint density at radius 2 is 1.91 bits per heavy atom. The van der Waals surface area contributed by atoms with Crippen molar-refractivity contribution in [3.63, 3.8) is 0 Å². The first-order valence-corrected chi connectivity index (χ1v) is 12.0. The number of carbonyl (C=O) groups is 2. The van der Waals surface area contributed by atoms with Gasteiger partial charge in [0.15, 0.2) is 0 Å². The number of pyridine rings is 1. The van der Waals surface area contributed by atoms with E-state index in [9.17, 15) is 14.7 Å². The Balaban J connectivity index is 1.65. The number of carbonyl (C=O) groups excluding carboxylic acids is 1. The summed E-state index contributed by atoms with van der Waals surface area (Å²) in [5.74, 6) is -0.790. The highest BCUT2D eigenvalue weighted by molar-refractivity contribution is 5.85. The SMILES string of the molecule is CC(C)(CCCC(=O)N1Cc2c(c3cccnc3n2Cc2ccc(C#N)cc2)C(C)(C)C1)C(=O)O. The number of nitrogens with zero attached hydrogens (tertiary/aromatic N) is 4. The number of hydrogen-bond donors (Lipinski definition) is 1. The summed E-state index contributed by atoms with van der Waals surface area (Å²) in [6.45, 7) is 9.42. The molecule has 1 N–H and O–H groups in total. The third-order valence-electron chi connectivity index (χ3n) is 7.08. The van der Waals surface area contributed by atoms with Gasteiger partial charge in [-0.1, -0.05) is 26.0 Å². The summed E-state index contributed by atoms with van der Waals surface area (Å²) in [6, 6.07) is 13.8. The van der Waals surface area contributed by atoms with E-state index in [2.05, 4.69) is 30.6 Å². The molecule has 4 rings (SSSR count). The molecule has 0 spiro atoms. The second kappa shape index (κ2) is 9.18. The number of aromatic nitrogens is 2. The van der Waals surface area contributed by atoms with Gasteiger partial charge in [0.1, 0.15) is 5.65 Å². The van der Waals surface area contributed by atoms with Crippen LogP contribution < -0.4 is 0 Å². The van der Waals surface area contributed by atoms with Crippen LogP contribution in [0.25, 0.3) is 11.0 Å². The summed E-state index contributed by atoms with van der Waals surface area (Å²) in [5, 5.41) is 19.6. The zero-order valence-corrected chi connectivity index (χ0v) is 20.8. The number of benzene rings is 1. The Hall–Kier alpha value is -3.66. The number of nitriles is 1. The second-order valence-electron chi connectivity index (χ2n) is 10.8. The van der Waals surface area contributed by atoms with Gasteiger partial charge in [-0.15, -0.1) is 0 Å². The zero-order valence-electron chi connectivity index (χ0n) is 20.8. The molecule has 3 aromatic rings. The number of aliphatic carboxylic acids is 1. The topological polar surface area (TPSA) is 99.2 Å². The van der Waals surface area contributed by atoms with Crippen LogP contribution in [-0.4, -0.2) is 38.0 Å². The Bertz CT molecular complexity index is 1310. The molecule has 1 aliphatic rings. The van der Waals surface area contributed by atoms with Crippen LogP contribution in [0.1, 0.15) is 69.3 Å². The van der Waals surface area contributed by atoms with Crippen molar-refractivity contribution in [2.45, 2.75) is 65.5 Å². The van der Waals surface area contributed by atoms with E-state index in [1.165, 1.54) is 5.56 Å². The average molecular weight is 473 g/mol. The molecule has 0 saturated carbocycles. The number of amides is 1. The van der Waals surface area contributed by atoms with Gasteiger partial charge in [-0.3, -0.25) is 9.59 Å². The molecule has 3 heterocycles. The maximum atomic E-state index is 13.2. The maximum Gasteiger partial charge on any atom is 0.309 e. The van der Waals surface area contributed by atoms with Crippen LogP contribution in [0.3, 0.4) is 0 Å². The van der Waals surface area contributed by atoms with E-state index in [1.54, 1.807) is 20.0 Å². The van der Waals surface area contributed by atoms with E-state index in [1.807, 2.05) is 35.2 Å². The lowest BCUT2D eigenvalue weighted by atomic mass is 9.79. The van der Waals surface area contributed by atoms with E-state index >= 15 is 0 Å². The summed E-state index contributed by atoms with van der Waals surface area (Å²) in [5.41, 5.74) is 3.78. The van der Waals surface area contributed by atoms with Crippen LogP contribution in [0, 0.1) is 16.7 Å². The lowest BCUT2D eigenvalue weighted by molar-refractivity contribution is -0.147. The number of rotatable bonds is 7. The van der Waals surface area contributed by atoms with Gasteiger partial charge in [-0.25, -0.2) is 4.98 Å². The molecule has 0 bridgehead atoms. The first kappa shape index (κ1) is 24.5. The normalized spacial score (nSPS) is 15.0. The first-order valence-electron chi connectivity index (χ1n) is 12.0. The predicted molar refractivity (Wildman–Crippen MR) is 134 cm³/mol. The summed E-state index contributed by atoms with van der Waals surface area (Å²) in [4.78, 5) is 31.2. The number of hydrogen-bond acceptors (Lipinski definition) is 4. The maximum absolute atomic E-state index is 13.2. The fourth-order valence-electron chi connectivity index (χ4n) is 5.10. The fourth-order valence-corrected chi connectivity index (χ4v) is 5.10. The molecule has 1 aromatic carbocycles. The van der Waals surface area contributed by atoms with Crippen molar-refractivity contribution in [2.75, 3.05) is 6.54 Å². The van der Waals surface area contributed by atoms with Crippen LogP contribution in [0.15, 0.2) is 42.6 Å². The zero-order chi connectivity index (χ0) is 25.4. The molecule has 0 aliphatic carbocycles. The average Bonchev–Trinajstić information content (AvgIpc) is 3.13. The minimum Gasteiger partial charge on any atom is -0.481 e. The molecule has 1 amide bonds. The molecule has 182 valence electrons. The predicted octanol–water partition coefficient (Wildman–Crippen LogP) is 4.86. The fraction of sp³-hybridized carbons (Fsp3) is 0.429. The molecule has 2 aromatic heterocycles. The van der Waals surface area contributed by atoms with E-state index in [0.29, 0.717) is 44.5 Å². The van der Waals surface area contributed by atoms with E-state index in [0.717, 1.165) is 22.3 Å². The Morgan fingerprint density at radius 1 is 1.20 bits per heavy atom. The third-order valence-corrected chi connectivity index (χ3v) is 7.08. The Labute approximate surface area is 206 Å². The number of carboxylic acid groups (broad SMARTS) is 1. The summed E-state index contributed by atoms with van der Waals surface area (Å²) in [6.07, 6.45) is 3.12. The highest BCUT2D eigenvalue weighted by Crippen LogP contribution is 2.40. The van der Waals surface area contributed by atoms with Gasteiger partial charge in [-0.2, -0.15) is 5.26 Å². The standard InChI is InChI=1S/C28H32N4O3/c1-27(2,26(34)35)13-5-8-23(33)31-17-22-24(28(3,4)18-31)21-7-6-14-30-25(21)32(22)16-20-11-9-19(15-29)10-12-20/h6-7,9-12,14H,5,8,13,16-18H2,1-4H3,(H,34,35). The van der Waals surface area contributed by atoms with Crippen molar-refractivity contribution in [3.05, 3.63) is 65.0 Å². The van der Waals surface area contributed by atoms with Gasteiger partial charge in [0.2, 0.25) is 5.91 Å². The van der Waals surface area contributed by atoms with E-state index in [-0.39, 0.29) is 11.3 Å². The van der Waals surface area contributed by atoms with Gasteiger partial charge in [0.25, 0.3) is 0 Å². The smallest absolute Gasteiger partial charge is 0.309 e. The van der Waals surface area contributed by atoms with Crippen molar-refractivity contribution in [1.82, 2.24) is 14.5 Å². The molecular weight excluding hydrogens is 440 g/mol. The van der Waals surface area contributed by atoms with Gasteiger partial charge < -0.3 is 14.6 Å². The molecule has 7 heteroatoms. The van der Waals surface area contributed by atoms with E-state index < -0.39 is 11.4 Å². The lowest BCUT2D eigenvalue weighted by Crippen LogP contribution is -2.45. The van der Waals surface area contributed by atoms with Crippen LogP contribution in [0.4, 0.5) is 0 Å². The number of fused-ring (bicyclic) bond motifs is 3. The Kier molecular flexibility index (Phi) is 6.42. The van der Waals surface area contributed by atoms with Crippen LogP contribution in [-0.2, 0) is 28.1 Å². The van der Waals surface area contributed by atoms with Crippen molar-refractivity contribution in [1.29, 1.82) is 5.26 Å². The highest BCUT2D eigenvalue weighted by Gasteiger charge is 2.38. The molecule has 35 heavy (non-hydrogen) atoms. The molecule has 0 unspecified atom stereocenters. The first-order chi connectivity index (χ1) is 16.5. The third kappa shape index (κ3) is 4.79. The number of carboxylic acids is 1. The molecule has 0 saturated heterocycles. The van der Waals surface area contributed by atoms with Gasteiger partial charge in [0.05, 0.1) is 23.6 Å². The lowest BCUT2D eigenvalue weighted by Gasteiger charge is -2.39. The van der Waals surface area contributed by atoms with Gasteiger partial charge in [0, 0.05) is 42.2 Å². The van der Waals surface area contributed by atoms with Crippen LogP contribution in [0.5, 0.6) is 0 Å². The minimum atomic E-state index is -0.839. The second-order valence-corrected chi connectivity index (χ2v) is 10.8. The minimum absolute atomic E-state index is 0.0491. The largest absolute Gasteiger partial charge is 0.481 e. The van der Waals surface area contributed by atoms with Crippen molar-refractivity contribution in [2.24, 2.45) is 5.41 Å². The van der Waals surface area contributed by atoms with Gasteiger partial charge >= 0.3 is 5.97 Å². The highest BCUT2D eigenvalue weighted by atomic mass is 16.4. The van der Waals surface area contributed by atoms with E-state index in [4.69, 9.17) is 10.2 Å². The van der Waals surface area contributed by atoms with Crippen molar-refractivity contribution >= 4 is 22.9 Å². The van der Waals surface area contributed by atoms with Crippen LogP contribution in [0.2, 0.25) is 0 Å². The quantitative estimate of drug-likeness (QED) is 0.530. The van der Waals surface area contributed by atoms with Crippen LogP contribution >= 0.6 is 0 Å². The molecule has 0 atom stereocenters. The molecular formula is C28H32N4O3. The van der Waals surface area contributed by atoms with Gasteiger partial charge in [-0.05, 0) is 62.1 Å². The molecule has 0 radical (unpaired) electrons. The molecule has 7 nitrogen and oxygen atoms in total. The van der Waals surface area contributed by atoms with Crippen molar-refractivity contribution in [3.8, 4) is 6.07 Å². The summed E-state index contributed by atoms with van der Waals surface area (Å²) < 4.78 is 2.20. The molecule has 0 fully saturated rings. The monoisotopic (exact) mass is 472 g/mol. The van der Waals surface area contributed by atoms with Crippen molar-refractivity contribution < 1.29 is 14.7 Å².